The summed E-state index contributed by atoms with van der Waals surface area (Å²) in [5, 5.41) is 14.3. The molecule has 1 aliphatic rings. The Balaban J connectivity index is 2.33. The van der Waals surface area contributed by atoms with Gasteiger partial charge in [-0.05, 0) is 43.0 Å². The quantitative estimate of drug-likeness (QED) is 0.631. The molecule has 5 N–H and O–H groups in total. The molecule has 0 aliphatic heterocycles. The van der Waals surface area contributed by atoms with E-state index in [9.17, 15) is 24.3 Å². The summed E-state index contributed by atoms with van der Waals surface area (Å²) in [6.07, 6.45) is -0.575. The van der Waals surface area contributed by atoms with Gasteiger partial charge in [0.15, 0.2) is 0 Å². The zero-order valence-corrected chi connectivity index (χ0v) is 14.0. The molecule has 1 aromatic rings. The largest absolute Gasteiger partial charge is 0.465 e. The summed E-state index contributed by atoms with van der Waals surface area (Å²) in [6, 6.07) is 4.72. The van der Waals surface area contributed by atoms with E-state index in [0.29, 0.717) is 29.0 Å². The van der Waals surface area contributed by atoms with Gasteiger partial charge in [-0.25, -0.2) is 14.5 Å². The lowest BCUT2D eigenvalue weighted by Crippen LogP contribution is -2.49. The molecule has 0 saturated heterocycles. The van der Waals surface area contributed by atoms with E-state index in [1.54, 1.807) is 25.1 Å². The van der Waals surface area contributed by atoms with Crippen LogP contribution in [0.4, 0.5) is 15.3 Å². The van der Waals surface area contributed by atoms with E-state index < -0.39 is 29.9 Å². The van der Waals surface area contributed by atoms with Crippen LogP contribution in [0.25, 0.3) is 0 Å². The standard InChI is InChI=1S/C16H20N4O5/c1-16(13(22)20(15(24)25)8-12(17)21)6-5-9-7-10(3-4-11(9)16)19-14(23)18-2/h3-4,7H,5-6,8H2,1-2H3,(H2,17,21)(H,24,25)(H2,18,19,23)/t16-/m0/s1. The summed E-state index contributed by atoms with van der Waals surface area (Å²) in [5.41, 5.74) is 6.06. The Morgan fingerprint density at radius 2 is 2.00 bits per heavy atom. The number of nitrogens with one attached hydrogen (secondary N) is 2. The highest BCUT2D eigenvalue weighted by Crippen LogP contribution is 2.41. The van der Waals surface area contributed by atoms with Crippen molar-refractivity contribution in [1.82, 2.24) is 10.2 Å². The monoisotopic (exact) mass is 348 g/mol. The molecular weight excluding hydrogens is 328 g/mol. The molecule has 9 heteroatoms. The number of nitrogens with two attached hydrogens (primary N) is 1. The van der Waals surface area contributed by atoms with Gasteiger partial charge in [0, 0.05) is 12.7 Å². The molecule has 5 amide bonds. The average Bonchev–Trinajstić information content (AvgIpc) is 2.89. The van der Waals surface area contributed by atoms with Gasteiger partial charge in [0.25, 0.3) is 0 Å². The lowest BCUT2D eigenvalue weighted by atomic mass is 9.82. The number of urea groups is 1. The predicted octanol–water partition coefficient (Wildman–Crippen LogP) is 0.634. The fourth-order valence-electron chi connectivity index (χ4n) is 3.03. The molecule has 0 heterocycles. The summed E-state index contributed by atoms with van der Waals surface area (Å²) in [7, 11) is 1.50. The van der Waals surface area contributed by atoms with Crippen LogP contribution < -0.4 is 16.4 Å². The normalized spacial score (nSPS) is 18.2. The number of aryl methyl sites for hydroxylation is 1. The van der Waals surface area contributed by atoms with E-state index >= 15 is 0 Å². The number of primary amides is 1. The van der Waals surface area contributed by atoms with Gasteiger partial charge in [-0.1, -0.05) is 6.07 Å². The van der Waals surface area contributed by atoms with Crippen LogP contribution in [-0.2, 0) is 21.4 Å². The lowest BCUT2D eigenvalue weighted by Gasteiger charge is -2.29. The van der Waals surface area contributed by atoms with Gasteiger partial charge in [0.05, 0.1) is 5.41 Å². The Kier molecular flexibility index (Phi) is 4.96. The van der Waals surface area contributed by atoms with Crippen molar-refractivity contribution in [3.63, 3.8) is 0 Å². The number of nitrogens with zero attached hydrogens (tertiary/aromatic N) is 1. The molecule has 0 fully saturated rings. The molecule has 0 radical (unpaired) electrons. The number of hydrogen-bond donors (Lipinski definition) is 4. The molecule has 0 spiro atoms. The Hall–Kier alpha value is -3.10. The molecule has 134 valence electrons. The maximum atomic E-state index is 12.8. The average molecular weight is 348 g/mol. The molecule has 25 heavy (non-hydrogen) atoms. The first kappa shape index (κ1) is 18.2. The van der Waals surface area contributed by atoms with E-state index in [-0.39, 0.29) is 6.03 Å². The van der Waals surface area contributed by atoms with E-state index in [2.05, 4.69) is 10.6 Å². The van der Waals surface area contributed by atoms with Gasteiger partial charge >= 0.3 is 12.1 Å². The number of rotatable bonds is 4. The van der Waals surface area contributed by atoms with E-state index in [4.69, 9.17) is 5.73 Å². The lowest BCUT2D eigenvalue weighted by molar-refractivity contribution is -0.137. The zero-order chi connectivity index (χ0) is 18.8. The van der Waals surface area contributed by atoms with Crippen LogP contribution in [-0.4, -0.2) is 47.5 Å². The predicted molar refractivity (Wildman–Crippen MR) is 89.1 cm³/mol. The molecule has 0 unspecified atom stereocenters. The highest BCUT2D eigenvalue weighted by Gasteiger charge is 2.45. The second kappa shape index (κ2) is 6.80. The van der Waals surface area contributed by atoms with Crippen molar-refractivity contribution >= 4 is 29.6 Å². The fourth-order valence-corrected chi connectivity index (χ4v) is 3.03. The van der Waals surface area contributed by atoms with Crippen LogP contribution in [0, 0.1) is 0 Å². The van der Waals surface area contributed by atoms with Crippen LogP contribution in [0.1, 0.15) is 24.5 Å². The van der Waals surface area contributed by atoms with Crippen LogP contribution in [0.2, 0.25) is 0 Å². The van der Waals surface area contributed by atoms with Gasteiger partial charge < -0.3 is 21.5 Å². The molecular formula is C16H20N4O5. The number of anilines is 1. The highest BCUT2D eigenvalue weighted by atomic mass is 16.4. The Labute approximate surface area is 144 Å². The zero-order valence-electron chi connectivity index (χ0n) is 14.0. The number of benzene rings is 1. The molecule has 9 nitrogen and oxygen atoms in total. The van der Waals surface area contributed by atoms with Crippen molar-refractivity contribution in [2.45, 2.75) is 25.2 Å². The maximum Gasteiger partial charge on any atom is 0.414 e. The Morgan fingerprint density at radius 1 is 1.32 bits per heavy atom. The SMILES string of the molecule is CNC(=O)Nc1ccc2c(c1)CC[C@]2(C)C(=O)N(CC(N)=O)C(=O)O. The van der Waals surface area contributed by atoms with Crippen molar-refractivity contribution in [2.24, 2.45) is 5.73 Å². The summed E-state index contributed by atoms with van der Waals surface area (Å²) < 4.78 is 0. The van der Waals surface area contributed by atoms with Gasteiger partial charge in [-0.15, -0.1) is 0 Å². The van der Waals surface area contributed by atoms with Gasteiger partial charge in [0.2, 0.25) is 11.8 Å². The minimum atomic E-state index is -1.52. The van der Waals surface area contributed by atoms with E-state index in [0.717, 1.165) is 5.56 Å². The van der Waals surface area contributed by atoms with Crippen LogP contribution in [0.15, 0.2) is 18.2 Å². The topological polar surface area (TPSA) is 142 Å². The molecule has 0 saturated carbocycles. The summed E-state index contributed by atoms with van der Waals surface area (Å²) in [5.74, 6) is -1.59. The number of carbonyl (C=O) groups is 4. The number of carbonyl (C=O) groups excluding carboxylic acids is 3. The van der Waals surface area contributed by atoms with Crippen molar-refractivity contribution in [3.8, 4) is 0 Å². The third-order valence-corrected chi connectivity index (χ3v) is 4.34. The van der Waals surface area contributed by atoms with Crippen LogP contribution in [0.5, 0.6) is 0 Å². The second-order valence-electron chi connectivity index (χ2n) is 6.05. The van der Waals surface area contributed by atoms with Crippen molar-refractivity contribution in [2.75, 3.05) is 18.9 Å². The van der Waals surface area contributed by atoms with Crippen molar-refractivity contribution in [3.05, 3.63) is 29.3 Å². The molecule has 0 aromatic heterocycles. The van der Waals surface area contributed by atoms with Crippen molar-refractivity contribution < 1.29 is 24.3 Å². The van der Waals surface area contributed by atoms with Gasteiger partial charge in [0.1, 0.15) is 6.54 Å². The third-order valence-electron chi connectivity index (χ3n) is 4.34. The molecule has 2 rings (SSSR count). The van der Waals surface area contributed by atoms with E-state index in [1.165, 1.54) is 7.05 Å². The second-order valence-corrected chi connectivity index (χ2v) is 6.05. The van der Waals surface area contributed by atoms with Crippen LogP contribution in [0.3, 0.4) is 0 Å². The molecule has 1 aliphatic carbocycles. The van der Waals surface area contributed by atoms with Gasteiger partial charge in [-0.2, -0.15) is 0 Å². The smallest absolute Gasteiger partial charge is 0.414 e. The number of hydrogen-bond acceptors (Lipinski definition) is 4. The number of carboxylic acid groups (broad SMARTS) is 1. The van der Waals surface area contributed by atoms with Gasteiger partial charge in [-0.3, -0.25) is 9.59 Å². The summed E-state index contributed by atoms with van der Waals surface area (Å²) >= 11 is 0. The summed E-state index contributed by atoms with van der Waals surface area (Å²) in [6.45, 7) is 0.958. The highest BCUT2D eigenvalue weighted by molar-refractivity contribution is 6.01. The first-order valence-corrected chi connectivity index (χ1v) is 7.64. The van der Waals surface area contributed by atoms with E-state index in [1.807, 2.05) is 0 Å². The number of fused-ring (bicyclic) bond motifs is 1. The third kappa shape index (κ3) is 3.54. The first-order valence-electron chi connectivity index (χ1n) is 7.64. The minimum Gasteiger partial charge on any atom is -0.465 e. The summed E-state index contributed by atoms with van der Waals surface area (Å²) in [4.78, 5) is 47.0. The molecule has 1 atom stereocenters. The fraction of sp³-hybridized carbons (Fsp3) is 0.375. The minimum absolute atomic E-state index is 0.365. The Bertz CT molecular complexity index is 748. The number of amides is 5. The van der Waals surface area contributed by atoms with Crippen molar-refractivity contribution in [1.29, 1.82) is 0 Å². The maximum absolute atomic E-state index is 12.8. The Morgan fingerprint density at radius 3 is 2.56 bits per heavy atom. The number of imide groups is 1. The molecule has 1 aromatic carbocycles. The van der Waals surface area contributed by atoms with Crippen LogP contribution >= 0.6 is 0 Å². The first-order chi connectivity index (χ1) is 11.7. The molecule has 0 bridgehead atoms.